The van der Waals surface area contributed by atoms with Gasteiger partial charge in [-0.25, -0.2) is 4.98 Å². The van der Waals surface area contributed by atoms with E-state index in [2.05, 4.69) is 32.5 Å². The number of rotatable bonds is 6. The zero-order chi connectivity index (χ0) is 27.5. The standard InChI is InChI=1S/C29H35N7O3/c1-19-7-5-6-8-23(19)36-16-13-26(37)35(3)24-18-30-29(33-27(24)36)32-22-10-9-20(17-25(22)39-4)28(38)31-21-11-14-34(2)15-12-21/h5-10,17-18,21H,11-16H2,1-4H3,(H,31,38)(H,30,32,33). The Morgan fingerprint density at radius 2 is 1.82 bits per heavy atom. The summed E-state index contributed by atoms with van der Waals surface area (Å²) in [6.45, 7) is 4.50. The minimum absolute atomic E-state index is 0.00688. The summed E-state index contributed by atoms with van der Waals surface area (Å²) in [6.07, 6.45) is 3.90. The van der Waals surface area contributed by atoms with E-state index in [1.165, 1.54) is 0 Å². The smallest absolute Gasteiger partial charge is 0.251 e. The second-order valence-corrected chi connectivity index (χ2v) is 10.1. The Morgan fingerprint density at radius 1 is 1.05 bits per heavy atom. The van der Waals surface area contributed by atoms with Crippen molar-refractivity contribution in [1.29, 1.82) is 0 Å². The minimum Gasteiger partial charge on any atom is -0.495 e. The Balaban J connectivity index is 1.41. The maximum Gasteiger partial charge on any atom is 0.251 e. The zero-order valence-electron chi connectivity index (χ0n) is 22.9. The van der Waals surface area contributed by atoms with Crippen LogP contribution in [-0.2, 0) is 4.79 Å². The lowest BCUT2D eigenvalue weighted by Gasteiger charge is -2.29. The summed E-state index contributed by atoms with van der Waals surface area (Å²) in [6, 6.07) is 13.5. The van der Waals surface area contributed by atoms with Crippen molar-refractivity contribution < 1.29 is 14.3 Å². The quantitative estimate of drug-likeness (QED) is 0.496. The number of nitrogens with one attached hydrogen (secondary N) is 2. The van der Waals surface area contributed by atoms with E-state index in [0.29, 0.717) is 47.4 Å². The first kappa shape index (κ1) is 26.4. The molecular formula is C29H35N7O3. The van der Waals surface area contributed by atoms with Crippen molar-refractivity contribution in [2.45, 2.75) is 32.2 Å². The van der Waals surface area contributed by atoms with Crippen molar-refractivity contribution >= 4 is 40.6 Å². The van der Waals surface area contributed by atoms with Crippen LogP contribution < -0.4 is 25.2 Å². The second kappa shape index (κ2) is 11.3. The summed E-state index contributed by atoms with van der Waals surface area (Å²) in [5.41, 5.74) is 3.88. The number of nitrogens with zero attached hydrogens (tertiary/aromatic N) is 5. The highest BCUT2D eigenvalue weighted by Crippen LogP contribution is 2.37. The zero-order valence-corrected chi connectivity index (χ0v) is 22.9. The number of hydrogen-bond donors (Lipinski definition) is 2. The summed E-state index contributed by atoms with van der Waals surface area (Å²) < 4.78 is 5.61. The minimum atomic E-state index is -0.114. The number of aromatic nitrogens is 2. The summed E-state index contributed by atoms with van der Waals surface area (Å²) in [4.78, 5) is 40.9. The molecule has 0 radical (unpaired) electrons. The maximum atomic E-state index is 12.9. The number of carbonyl (C=O) groups excluding carboxylic acids is 2. The normalized spacial score (nSPS) is 16.5. The van der Waals surface area contributed by atoms with Crippen LogP contribution in [0.5, 0.6) is 5.75 Å². The fraction of sp³-hybridized carbons (Fsp3) is 0.379. The fourth-order valence-corrected chi connectivity index (χ4v) is 5.06. The number of aryl methyl sites for hydroxylation is 1. The number of para-hydroxylation sites is 1. The van der Waals surface area contributed by atoms with Crippen molar-refractivity contribution in [3.05, 3.63) is 59.8 Å². The van der Waals surface area contributed by atoms with Crippen LogP contribution in [0.15, 0.2) is 48.7 Å². The molecule has 10 heteroatoms. The van der Waals surface area contributed by atoms with Gasteiger partial charge in [0.1, 0.15) is 11.4 Å². The first-order valence-corrected chi connectivity index (χ1v) is 13.2. The molecule has 39 heavy (non-hydrogen) atoms. The van der Waals surface area contributed by atoms with Crippen molar-refractivity contribution in [3.8, 4) is 5.75 Å². The molecule has 2 amide bonds. The van der Waals surface area contributed by atoms with Gasteiger partial charge in [0.15, 0.2) is 5.82 Å². The third kappa shape index (κ3) is 5.65. The highest BCUT2D eigenvalue weighted by molar-refractivity contribution is 5.98. The van der Waals surface area contributed by atoms with Crippen LogP contribution in [0.2, 0.25) is 0 Å². The molecule has 0 atom stereocenters. The molecule has 204 valence electrons. The van der Waals surface area contributed by atoms with E-state index in [1.807, 2.05) is 31.2 Å². The summed E-state index contributed by atoms with van der Waals surface area (Å²) >= 11 is 0. The molecule has 2 N–H and O–H groups in total. The fourth-order valence-electron chi connectivity index (χ4n) is 5.06. The van der Waals surface area contributed by atoms with E-state index in [9.17, 15) is 9.59 Å². The number of fused-ring (bicyclic) bond motifs is 1. The molecular weight excluding hydrogens is 494 g/mol. The van der Waals surface area contributed by atoms with Gasteiger partial charge >= 0.3 is 0 Å². The van der Waals surface area contributed by atoms with Crippen molar-refractivity contribution in [2.75, 3.05) is 56.0 Å². The van der Waals surface area contributed by atoms with Crippen molar-refractivity contribution in [2.24, 2.45) is 0 Å². The molecule has 1 fully saturated rings. The number of likely N-dealkylation sites (tertiary alicyclic amines) is 1. The lowest BCUT2D eigenvalue weighted by Crippen LogP contribution is -2.43. The molecule has 1 saturated heterocycles. The number of piperidine rings is 1. The predicted molar refractivity (Wildman–Crippen MR) is 153 cm³/mol. The number of anilines is 5. The predicted octanol–water partition coefficient (Wildman–Crippen LogP) is 3.87. The van der Waals surface area contributed by atoms with Gasteiger partial charge in [-0.05, 0) is 69.7 Å². The van der Waals surface area contributed by atoms with Gasteiger partial charge in [0.05, 0.1) is 19.0 Å². The molecule has 0 unspecified atom stereocenters. The van der Waals surface area contributed by atoms with Crippen LogP contribution in [0.1, 0.15) is 35.2 Å². The van der Waals surface area contributed by atoms with Gasteiger partial charge in [0, 0.05) is 37.3 Å². The maximum absolute atomic E-state index is 12.9. The Hall–Kier alpha value is -4.18. The van der Waals surface area contributed by atoms with E-state index in [0.717, 1.165) is 37.2 Å². The SMILES string of the molecule is COc1cc(C(=O)NC2CCN(C)CC2)ccc1Nc1ncc2c(n1)N(c1ccccc1C)CCC(=O)N2C. The highest BCUT2D eigenvalue weighted by Gasteiger charge is 2.28. The summed E-state index contributed by atoms with van der Waals surface area (Å²) in [5.74, 6) is 1.40. The Morgan fingerprint density at radius 3 is 2.56 bits per heavy atom. The highest BCUT2D eigenvalue weighted by atomic mass is 16.5. The lowest BCUT2D eigenvalue weighted by atomic mass is 10.0. The van der Waals surface area contributed by atoms with Crippen molar-refractivity contribution in [3.63, 3.8) is 0 Å². The number of methoxy groups -OCH3 is 1. The van der Waals surface area contributed by atoms with E-state index < -0.39 is 0 Å². The monoisotopic (exact) mass is 529 g/mol. The number of benzene rings is 2. The Kier molecular flexibility index (Phi) is 7.65. The lowest BCUT2D eigenvalue weighted by molar-refractivity contribution is -0.118. The number of hydrogen-bond acceptors (Lipinski definition) is 8. The van der Waals surface area contributed by atoms with Crippen LogP contribution in [0.4, 0.5) is 28.8 Å². The second-order valence-electron chi connectivity index (χ2n) is 10.1. The van der Waals surface area contributed by atoms with Crippen LogP contribution in [0, 0.1) is 6.92 Å². The van der Waals surface area contributed by atoms with Gasteiger partial charge in [-0.3, -0.25) is 9.59 Å². The molecule has 2 aliphatic heterocycles. The molecule has 3 heterocycles. The van der Waals surface area contributed by atoms with Gasteiger partial charge in [0.2, 0.25) is 11.9 Å². The molecule has 1 aromatic heterocycles. The summed E-state index contributed by atoms with van der Waals surface area (Å²) in [5, 5.41) is 6.39. The Bertz CT molecular complexity index is 1370. The molecule has 0 bridgehead atoms. The van der Waals surface area contributed by atoms with Gasteiger partial charge < -0.3 is 30.1 Å². The molecule has 3 aromatic rings. The molecule has 0 saturated carbocycles. The van der Waals surface area contributed by atoms with E-state index in [-0.39, 0.29) is 17.9 Å². The summed E-state index contributed by atoms with van der Waals surface area (Å²) in [7, 11) is 5.41. The molecule has 0 aliphatic carbocycles. The topological polar surface area (TPSA) is 103 Å². The van der Waals surface area contributed by atoms with Crippen LogP contribution in [-0.4, -0.2) is 73.6 Å². The van der Waals surface area contributed by atoms with Gasteiger partial charge in [-0.15, -0.1) is 0 Å². The molecule has 0 spiro atoms. The van der Waals surface area contributed by atoms with Gasteiger partial charge in [-0.2, -0.15) is 4.98 Å². The molecule has 10 nitrogen and oxygen atoms in total. The van der Waals surface area contributed by atoms with Gasteiger partial charge in [0.25, 0.3) is 5.91 Å². The molecule has 2 aliphatic rings. The van der Waals surface area contributed by atoms with Gasteiger partial charge in [-0.1, -0.05) is 18.2 Å². The van der Waals surface area contributed by atoms with Crippen LogP contribution >= 0.6 is 0 Å². The van der Waals surface area contributed by atoms with E-state index in [4.69, 9.17) is 9.72 Å². The average molecular weight is 530 g/mol. The Labute approximate surface area is 229 Å². The molecule has 2 aromatic carbocycles. The van der Waals surface area contributed by atoms with Crippen molar-refractivity contribution in [1.82, 2.24) is 20.2 Å². The number of ether oxygens (including phenoxy) is 1. The average Bonchev–Trinajstić information content (AvgIpc) is 3.06. The third-order valence-electron chi connectivity index (χ3n) is 7.46. The van der Waals surface area contributed by atoms with E-state index >= 15 is 0 Å². The first-order valence-electron chi connectivity index (χ1n) is 13.2. The van der Waals surface area contributed by atoms with Crippen LogP contribution in [0.25, 0.3) is 0 Å². The molecule has 5 rings (SSSR count). The number of amides is 2. The first-order chi connectivity index (χ1) is 18.8. The number of carbonyl (C=O) groups is 2. The third-order valence-corrected chi connectivity index (χ3v) is 7.46. The largest absolute Gasteiger partial charge is 0.495 e. The van der Waals surface area contributed by atoms with Crippen LogP contribution in [0.3, 0.4) is 0 Å². The van der Waals surface area contributed by atoms with E-state index in [1.54, 1.807) is 43.5 Å².